The highest BCUT2D eigenvalue weighted by atomic mass is 32.1. The van der Waals surface area contributed by atoms with Crippen molar-refractivity contribution in [1.29, 1.82) is 0 Å². The van der Waals surface area contributed by atoms with E-state index in [4.69, 9.17) is 0 Å². The second-order valence-corrected chi connectivity index (χ2v) is 7.84. The van der Waals surface area contributed by atoms with Crippen LogP contribution < -0.4 is 5.32 Å². The number of carbonyl (C=O) groups is 1. The molecule has 1 aromatic heterocycles. The minimum Gasteiger partial charge on any atom is -0.347 e. The van der Waals surface area contributed by atoms with E-state index >= 15 is 0 Å². The molecule has 1 N–H and O–H groups in total. The Morgan fingerprint density at radius 3 is 2.74 bits per heavy atom. The van der Waals surface area contributed by atoms with E-state index in [-0.39, 0.29) is 5.91 Å². The van der Waals surface area contributed by atoms with E-state index in [2.05, 4.69) is 47.5 Å². The van der Waals surface area contributed by atoms with Crippen molar-refractivity contribution in [3.05, 3.63) is 46.8 Å². The largest absolute Gasteiger partial charge is 0.347 e. The lowest BCUT2D eigenvalue weighted by Gasteiger charge is -2.44. The first-order chi connectivity index (χ1) is 11.2. The molecule has 4 heteroatoms. The Morgan fingerprint density at radius 1 is 1.22 bits per heavy atom. The van der Waals surface area contributed by atoms with Crippen LogP contribution in [0.5, 0.6) is 0 Å². The van der Waals surface area contributed by atoms with Gasteiger partial charge in [-0.2, -0.15) is 0 Å². The van der Waals surface area contributed by atoms with Crippen LogP contribution in [0, 0.1) is 12.8 Å². The summed E-state index contributed by atoms with van der Waals surface area (Å²) < 4.78 is 0. The number of hydrogen-bond acceptors (Lipinski definition) is 3. The number of carbonyl (C=O) groups excluding carboxylic acids is 1. The van der Waals surface area contributed by atoms with Crippen LogP contribution in [0.1, 0.15) is 28.1 Å². The zero-order chi connectivity index (χ0) is 15.8. The van der Waals surface area contributed by atoms with Crippen LogP contribution in [0.15, 0.2) is 36.4 Å². The number of nitrogens with one attached hydrogen (secondary N) is 1. The fraction of sp³-hybridized carbons (Fsp3) is 0.421. The van der Waals surface area contributed by atoms with Crippen molar-refractivity contribution in [1.82, 2.24) is 10.2 Å². The van der Waals surface area contributed by atoms with Crippen LogP contribution in [-0.4, -0.2) is 36.5 Å². The van der Waals surface area contributed by atoms with Gasteiger partial charge in [-0.05, 0) is 56.5 Å². The highest BCUT2D eigenvalue weighted by Crippen LogP contribution is 2.30. The maximum atomic E-state index is 12.6. The van der Waals surface area contributed by atoms with Crippen molar-refractivity contribution >= 4 is 17.2 Å². The minimum atomic E-state index is 0.0904. The lowest BCUT2D eigenvalue weighted by molar-refractivity contribution is 0.0622. The number of amides is 1. The summed E-state index contributed by atoms with van der Waals surface area (Å²) in [5.41, 5.74) is 2.44. The third kappa shape index (κ3) is 3.06. The number of hydrogen-bond donors (Lipinski definition) is 1. The zero-order valence-corrected chi connectivity index (χ0v) is 14.2. The molecule has 0 spiro atoms. The van der Waals surface area contributed by atoms with Gasteiger partial charge in [0, 0.05) is 17.5 Å². The van der Waals surface area contributed by atoms with Gasteiger partial charge in [-0.25, -0.2) is 0 Å². The predicted octanol–water partition coefficient (Wildman–Crippen LogP) is 3.55. The molecular formula is C19H22N2OS. The molecule has 3 aliphatic rings. The average molecular weight is 326 g/mol. The summed E-state index contributed by atoms with van der Waals surface area (Å²) in [5, 5.41) is 3.27. The Kier molecular flexibility index (Phi) is 3.95. The molecule has 0 aliphatic carbocycles. The van der Waals surface area contributed by atoms with Crippen LogP contribution in [0.3, 0.4) is 0 Å². The molecule has 3 saturated heterocycles. The van der Waals surface area contributed by atoms with Gasteiger partial charge in [-0.15, -0.1) is 11.3 Å². The van der Waals surface area contributed by atoms with Gasteiger partial charge in [-0.3, -0.25) is 4.79 Å². The molecule has 2 aromatic rings. The summed E-state index contributed by atoms with van der Waals surface area (Å²) in [7, 11) is 0. The Bertz CT molecular complexity index is 716. The molecule has 0 unspecified atom stereocenters. The standard InChI is InChI=1S/C19H22N2OS/c1-13-3-2-4-15(11-13)17-5-6-18(23-17)19(22)20-16-12-21-9-7-14(16)8-10-21/h2-6,11,14,16H,7-10,12H2,1H3,(H,20,22)/t16-/m0/s1. The van der Waals surface area contributed by atoms with Crippen molar-refractivity contribution in [3.63, 3.8) is 0 Å². The Morgan fingerprint density at radius 2 is 2.04 bits per heavy atom. The van der Waals surface area contributed by atoms with Crippen LogP contribution in [0.25, 0.3) is 10.4 Å². The van der Waals surface area contributed by atoms with E-state index in [0.717, 1.165) is 16.3 Å². The average Bonchev–Trinajstić information content (AvgIpc) is 3.06. The van der Waals surface area contributed by atoms with Gasteiger partial charge in [0.05, 0.1) is 4.88 Å². The summed E-state index contributed by atoms with van der Waals surface area (Å²) in [6, 6.07) is 12.8. The number of rotatable bonds is 3. The fourth-order valence-electron chi connectivity index (χ4n) is 3.78. The minimum absolute atomic E-state index is 0.0904. The van der Waals surface area contributed by atoms with E-state index in [0.29, 0.717) is 12.0 Å². The monoisotopic (exact) mass is 326 g/mol. The van der Waals surface area contributed by atoms with Gasteiger partial charge in [-0.1, -0.05) is 29.8 Å². The summed E-state index contributed by atoms with van der Waals surface area (Å²) in [6.45, 7) is 5.52. The first-order valence-electron chi connectivity index (χ1n) is 8.39. The lowest BCUT2D eigenvalue weighted by Crippen LogP contribution is -2.57. The molecule has 0 radical (unpaired) electrons. The van der Waals surface area contributed by atoms with E-state index in [1.54, 1.807) is 11.3 Å². The highest BCUT2D eigenvalue weighted by Gasteiger charge is 2.35. The number of aryl methyl sites for hydroxylation is 1. The maximum absolute atomic E-state index is 12.6. The summed E-state index contributed by atoms with van der Waals surface area (Å²) in [6.07, 6.45) is 2.45. The van der Waals surface area contributed by atoms with E-state index in [1.165, 1.54) is 37.1 Å². The SMILES string of the molecule is Cc1cccc(-c2ccc(C(=O)N[C@H]3CN4CCC3CC4)s2)c1. The van der Waals surface area contributed by atoms with Gasteiger partial charge in [0.15, 0.2) is 0 Å². The zero-order valence-electron chi connectivity index (χ0n) is 13.4. The molecule has 120 valence electrons. The smallest absolute Gasteiger partial charge is 0.261 e. The molecular weight excluding hydrogens is 304 g/mol. The molecule has 1 amide bonds. The number of benzene rings is 1. The maximum Gasteiger partial charge on any atom is 0.261 e. The summed E-state index contributed by atoms with van der Waals surface area (Å²) in [4.78, 5) is 17.0. The Hall–Kier alpha value is -1.65. The van der Waals surface area contributed by atoms with Gasteiger partial charge in [0.2, 0.25) is 0 Å². The Balaban J connectivity index is 1.47. The number of piperidine rings is 3. The molecule has 2 bridgehead atoms. The third-order valence-corrected chi connectivity index (χ3v) is 6.24. The topological polar surface area (TPSA) is 32.3 Å². The van der Waals surface area contributed by atoms with E-state index in [1.807, 2.05) is 6.07 Å². The number of nitrogens with zero attached hydrogens (tertiary/aromatic N) is 1. The second kappa shape index (κ2) is 6.10. The van der Waals surface area contributed by atoms with Crippen molar-refractivity contribution in [2.45, 2.75) is 25.8 Å². The van der Waals surface area contributed by atoms with Crippen molar-refractivity contribution in [2.24, 2.45) is 5.92 Å². The first kappa shape index (κ1) is 14.9. The highest BCUT2D eigenvalue weighted by molar-refractivity contribution is 7.17. The lowest BCUT2D eigenvalue weighted by atomic mass is 9.84. The normalized spacial score (nSPS) is 26.2. The number of thiophene rings is 1. The predicted molar refractivity (Wildman–Crippen MR) is 94.9 cm³/mol. The van der Waals surface area contributed by atoms with Gasteiger partial charge in [0.25, 0.3) is 5.91 Å². The molecule has 3 fully saturated rings. The van der Waals surface area contributed by atoms with Crippen LogP contribution in [0.2, 0.25) is 0 Å². The van der Waals surface area contributed by atoms with Gasteiger partial charge < -0.3 is 10.2 Å². The molecule has 1 atom stereocenters. The molecule has 23 heavy (non-hydrogen) atoms. The summed E-state index contributed by atoms with van der Waals surface area (Å²) in [5.74, 6) is 0.757. The van der Waals surface area contributed by atoms with Crippen LogP contribution >= 0.6 is 11.3 Å². The molecule has 3 nitrogen and oxygen atoms in total. The van der Waals surface area contributed by atoms with Crippen LogP contribution in [-0.2, 0) is 0 Å². The van der Waals surface area contributed by atoms with Crippen LogP contribution in [0.4, 0.5) is 0 Å². The molecule has 3 aliphatic heterocycles. The second-order valence-electron chi connectivity index (χ2n) is 6.75. The first-order valence-corrected chi connectivity index (χ1v) is 9.21. The van der Waals surface area contributed by atoms with Crippen molar-refractivity contribution in [2.75, 3.05) is 19.6 Å². The Labute approximate surface area is 141 Å². The summed E-state index contributed by atoms with van der Waals surface area (Å²) >= 11 is 1.59. The van der Waals surface area contributed by atoms with Gasteiger partial charge in [0.1, 0.15) is 0 Å². The van der Waals surface area contributed by atoms with E-state index < -0.39 is 0 Å². The molecule has 4 heterocycles. The molecule has 1 aromatic carbocycles. The van der Waals surface area contributed by atoms with Gasteiger partial charge >= 0.3 is 0 Å². The van der Waals surface area contributed by atoms with Crippen molar-refractivity contribution in [3.8, 4) is 10.4 Å². The molecule has 5 rings (SSSR count). The number of fused-ring (bicyclic) bond motifs is 3. The third-order valence-electron chi connectivity index (χ3n) is 5.11. The van der Waals surface area contributed by atoms with Crippen molar-refractivity contribution < 1.29 is 4.79 Å². The molecule has 0 saturated carbocycles. The quantitative estimate of drug-likeness (QED) is 0.935. The fourth-order valence-corrected chi connectivity index (χ4v) is 4.69. The van der Waals surface area contributed by atoms with E-state index in [9.17, 15) is 4.79 Å².